The van der Waals surface area contributed by atoms with E-state index < -0.39 is 0 Å². The van der Waals surface area contributed by atoms with Gasteiger partial charge in [-0.25, -0.2) is 0 Å². The van der Waals surface area contributed by atoms with E-state index in [1.807, 2.05) is 0 Å². The lowest BCUT2D eigenvalue weighted by molar-refractivity contribution is 0.345. The summed E-state index contributed by atoms with van der Waals surface area (Å²) in [6.45, 7) is 1.11. The van der Waals surface area contributed by atoms with Crippen LogP contribution in [0.3, 0.4) is 0 Å². The Labute approximate surface area is 116 Å². The highest BCUT2D eigenvalue weighted by Gasteiger charge is 2.12. The van der Waals surface area contributed by atoms with Crippen LogP contribution in [0.5, 0.6) is 0 Å². The number of hydrogen-bond acceptors (Lipinski definition) is 1. The van der Waals surface area contributed by atoms with Crippen LogP contribution in [0.2, 0.25) is 0 Å². The summed E-state index contributed by atoms with van der Waals surface area (Å²) in [5.41, 5.74) is 1.26. The van der Waals surface area contributed by atoms with E-state index in [2.05, 4.69) is 47.8 Å². The normalized spacial score (nSPS) is 16.6. The van der Waals surface area contributed by atoms with Gasteiger partial charge in [0.15, 0.2) is 0 Å². The first-order chi connectivity index (χ1) is 9.42. The molecular formula is C18H23N. The first-order valence-corrected chi connectivity index (χ1v) is 7.64. The lowest BCUT2D eigenvalue weighted by Crippen LogP contribution is -2.12. The van der Waals surface area contributed by atoms with E-state index in [1.54, 1.807) is 0 Å². The van der Waals surface area contributed by atoms with E-state index in [1.165, 1.54) is 55.0 Å². The molecule has 3 rings (SSSR count). The van der Waals surface area contributed by atoms with Crippen LogP contribution in [-0.4, -0.2) is 6.54 Å². The highest BCUT2D eigenvalue weighted by Crippen LogP contribution is 2.26. The van der Waals surface area contributed by atoms with Crippen LogP contribution in [0.15, 0.2) is 42.5 Å². The Morgan fingerprint density at radius 1 is 0.895 bits per heavy atom. The number of rotatable bonds is 4. The second-order valence-corrected chi connectivity index (χ2v) is 5.78. The molecule has 0 saturated heterocycles. The minimum atomic E-state index is 0.960. The smallest absolute Gasteiger partial charge is 0.0346 e. The molecule has 0 radical (unpaired) electrons. The molecule has 2 aromatic carbocycles. The number of anilines is 1. The Bertz CT molecular complexity index is 526. The van der Waals surface area contributed by atoms with Crippen LogP contribution in [0, 0.1) is 5.92 Å². The third-order valence-electron chi connectivity index (χ3n) is 4.36. The Morgan fingerprint density at radius 3 is 2.53 bits per heavy atom. The molecule has 0 bridgehead atoms. The zero-order chi connectivity index (χ0) is 12.9. The predicted octanol–water partition coefficient (Wildman–Crippen LogP) is 5.22. The van der Waals surface area contributed by atoms with Crippen molar-refractivity contribution in [1.29, 1.82) is 0 Å². The van der Waals surface area contributed by atoms with Gasteiger partial charge in [0, 0.05) is 12.2 Å². The van der Waals surface area contributed by atoms with Crippen LogP contribution < -0.4 is 5.32 Å². The average molecular weight is 253 g/mol. The van der Waals surface area contributed by atoms with Crippen molar-refractivity contribution in [2.24, 2.45) is 5.92 Å². The Balaban J connectivity index is 1.56. The van der Waals surface area contributed by atoms with Crippen LogP contribution in [0.25, 0.3) is 10.8 Å². The first-order valence-electron chi connectivity index (χ1n) is 7.64. The summed E-state index contributed by atoms with van der Waals surface area (Å²) in [5.74, 6) is 0.960. The molecule has 0 atom stereocenters. The zero-order valence-electron chi connectivity index (χ0n) is 11.6. The topological polar surface area (TPSA) is 12.0 Å². The highest BCUT2D eigenvalue weighted by molar-refractivity contribution is 5.85. The highest BCUT2D eigenvalue weighted by atomic mass is 14.9. The lowest BCUT2D eigenvalue weighted by Gasteiger charge is -2.21. The van der Waals surface area contributed by atoms with E-state index in [-0.39, 0.29) is 0 Å². The molecular weight excluding hydrogens is 230 g/mol. The fourth-order valence-electron chi connectivity index (χ4n) is 3.20. The summed E-state index contributed by atoms with van der Waals surface area (Å²) in [6, 6.07) is 15.2. The number of nitrogens with one attached hydrogen (secondary N) is 1. The van der Waals surface area contributed by atoms with Gasteiger partial charge in [-0.05, 0) is 35.2 Å². The largest absolute Gasteiger partial charge is 0.385 e. The van der Waals surface area contributed by atoms with Gasteiger partial charge in [0.05, 0.1) is 0 Å². The summed E-state index contributed by atoms with van der Waals surface area (Å²) >= 11 is 0. The van der Waals surface area contributed by atoms with E-state index in [4.69, 9.17) is 0 Å². The molecule has 0 aliphatic heterocycles. The number of fused-ring (bicyclic) bond motifs is 1. The minimum absolute atomic E-state index is 0.960. The van der Waals surface area contributed by atoms with Gasteiger partial charge < -0.3 is 5.32 Å². The molecule has 2 aromatic rings. The minimum Gasteiger partial charge on any atom is -0.385 e. The molecule has 1 aliphatic rings. The monoisotopic (exact) mass is 253 g/mol. The van der Waals surface area contributed by atoms with Crippen LogP contribution in [0.1, 0.15) is 38.5 Å². The van der Waals surface area contributed by atoms with Gasteiger partial charge in [-0.1, -0.05) is 62.4 Å². The van der Waals surface area contributed by atoms with Gasteiger partial charge in [0.1, 0.15) is 0 Å². The standard InChI is InChI=1S/C18H23N/c1-2-6-15(7-3-1)12-13-19-18-11-10-16-8-4-5-9-17(16)14-18/h4-5,8-11,14-15,19H,1-3,6-7,12-13H2. The lowest BCUT2D eigenvalue weighted by atomic mass is 9.87. The van der Waals surface area contributed by atoms with Crippen LogP contribution >= 0.6 is 0 Å². The Morgan fingerprint density at radius 2 is 1.68 bits per heavy atom. The molecule has 1 fully saturated rings. The van der Waals surface area contributed by atoms with Crippen LogP contribution in [0.4, 0.5) is 5.69 Å². The first kappa shape index (κ1) is 12.5. The zero-order valence-corrected chi connectivity index (χ0v) is 11.6. The average Bonchev–Trinajstić information content (AvgIpc) is 2.48. The summed E-state index contributed by atoms with van der Waals surface area (Å²) < 4.78 is 0. The van der Waals surface area contributed by atoms with Gasteiger partial charge in [0.2, 0.25) is 0 Å². The molecule has 1 heteroatoms. The van der Waals surface area contributed by atoms with Crippen molar-refractivity contribution in [2.75, 3.05) is 11.9 Å². The summed E-state index contributed by atoms with van der Waals surface area (Å²) in [4.78, 5) is 0. The van der Waals surface area contributed by atoms with Crippen molar-refractivity contribution in [2.45, 2.75) is 38.5 Å². The quantitative estimate of drug-likeness (QED) is 0.787. The molecule has 0 heterocycles. The molecule has 0 spiro atoms. The Hall–Kier alpha value is -1.50. The van der Waals surface area contributed by atoms with Gasteiger partial charge in [-0.3, -0.25) is 0 Å². The molecule has 0 amide bonds. The molecule has 1 nitrogen and oxygen atoms in total. The predicted molar refractivity (Wildman–Crippen MR) is 83.6 cm³/mol. The van der Waals surface area contributed by atoms with Crippen molar-refractivity contribution in [3.05, 3.63) is 42.5 Å². The van der Waals surface area contributed by atoms with E-state index >= 15 is 0 Å². The number of hydrogen-bond donors (Lipinski definition) is 1. The third kappa shape index (κ3) is 3.28. The number of benzene rings is 2. The third-order valence-corrected chi connectivity index (χ3v) is 4.36. The van der Waals surface area contributed by atoms with E-state index in [0.29, 0.717) is 0 Å². The van der Waals surface area contributed by atoms with Crippen LogP contribution in [-0.2, 0) is 0 Å². The van der Waals surface area contributed by atoms with Gasteiger partial charge >= 0.3 is 0 Å². The van der Waals surface area contributed by atoms with Gasteiger partial charge in [-0.2, -0.15) is 0 Å². The maximum Gasteiger partial charge on any atom is 0.0346 e. The molecule has 0 unspecified atom stereocenters. The van der Waals surface area contributed by atoms with Crippen molar-refractivity contribution in [3.63, 3.8) is 0 Å². The SMILES string of the molecule is c1ccc2cc(NCCC3CCCCC3)ccc2c1. The van der Waals surface area contributed by atoms with Crippen molar-refractivity contribution >= 4 is 16.5 Å². The van der Waals surface area contributed by atoms with E-state index in [9.17, 15) is 0 Å². The molecule has 19 heavy (non-hydrogen) atoms. The van der Waals surface area contributed by atoms with Gasteiger partial charge in [-0.15, -0.1) is 0 Å². The van der Waals surface area contributed by atoms with Gasteiger partial charge in [0.25, 0.3) is 0 Å². The maximum atomic E-state index is 3.58. The summed E-state index contributed by atoms with van der Waals surface area (Å²) in [6.07, 6.45) is 8.56. The Kier molecular flexibility index (Phi) is 4.02. The fourth-order valence-corrected chi connectivity index (χ4v) is 3.20. The molecule has 100 valence electrons. The fraction of sp³-hybridized carbons (Fsp3) is 0.444. The second kappa shape index (κ2) is 6.10. The molecule has 1 saturated carbocycles. The van der Waals surface area contributed by atoms with Crippen molar-refractivity contribution in [3.8, 4) is 0 Å². The molecule has 1 N–H and O–H groups in total. The van der Waals surface area contributed by atoms with Crippen molar-refractivity contribution < 1.29 is 0 Å². The van der Waals surface area contributed by atoms with E-state index in [0.717, 1.165) is 12.5 Å². The summed E-state index contributed by atoms with van der Waals surface area (Å²) in [7, 11) is 0. The summed E-state index contributed by atoms with van der Waals surface area (Å²) in [5, 5.41) is 6.23. The molecule has 1 aliphatic carbocycles. The maximum absolute atomic E-state index is 3.58. The molecule has 0 aromatic heterocycles. The second-order valence-electron chi connectivity index (χ2n) is 5.78. The van der Waals surface area contributed by atoms with Crippen molar-refractivity contribution in [1.82, 2.24) is 0 Å².